The molecular formula is C12H16FN. The maximum atomic E-state index is 13.3. The number of aryl methyl sites for hydroxylation is 1. The summed E-state index contributed by atoms with van der Waals surface area (Å²) in [6.07, 6.45) is 3.54. The zero-order chi connectivity index (χ0) is 9.97. The molecule has 0 saturated heterocycles. The van der Waals surface area contributed by atoms with Gasteiger partial charge < -0.3 is 5.32 Å². The maximum Gasteiger partial charge on any atom is 0.146 e. The van der Waals surface area contributed by atoms with Gasteiger partial charge in [-0.05, 0) is 42.9 Å². The summed E-state index contributed by atoms with van der Waals surface area (Å²) in [6, 6.07) is 5.31. The van der Waals surface area contributed by atoms with E-state index in [2.05, 4.69) is 12.2 Å². The first-order chi connectivity index (χ1) is 6.79. The smallest absolute Gasteiger partial charge is 0.146 e. The van der Waals surface area contributed by atoms with Crippen molar-refractivity contribution in [2.24, 2.45) is 5.92 Å². The van der Waals surface area contributed by atoms with E-state index in [4.69, 9.17) is 0 Å². The van der Waals surface area contributed by atoms with Crippen LogP contribution in [-0.2, 0) is 6.42 Å². The van der Waals surface area contributed by atoms with Crippen LogP contribution in [0.2, 0.25) is 0 Å². The Kier molecular flexibility index (Phi) is 2.71. The Morgan fingerprint density at radius 2 is 2.21 bits per heavy atom. The summed E-state index contributed by atoms with van der Waals surface area (Å²) in [7, 11) is 0. The normalized spacial score (nSPS) is 15.6. The van der Waals surface area contributed by atoms with Crippen LogP contribution in [0.1, 0.15) is 25.3 Å². The molecule has 2 rings (SSSR count). The van der Waals surface area contributed by atoms with E-state index in [1.807, 2.05) is 12.1 Å². The number of anilines is 1. The van der Waals surface area contributed by atoms with Gasteiger partial charge in [-0.25, -0.2) is 4.39 Å². The van der Waals surface area contributed by atoms with Crippen LogP contribution in [0, 0.1) is 11.7 Å². The fourth-order valence-electron chi connectivity index (χ4n) is 1.50. The van der Waals surface area contributed by atoms with Crippen molar-refractivity contribution in [3.8, 4) is 0 Å². The number of rotatable bonds is 4. The van der Waals surface area contributed by atoms with Crippen LogP contribution >= 0.6 is 0 Å². The highest BCUT2D eigenvalue weighted by molar-refractivity contribution is 5.47. The van der Waals surface area contributed by atoms with Crippen LogP contribution in [0.15, 0.2) is 18.2 Å². The Labute approximate surface area is 84.3 Å². The average Bonchev–Trinajstić information content (AvgIpc) is 3.00. The molecule has 1 aliphatic rings. The van der Waals surface area contributed by atoms with E-state index < -0.39 is 0 Å². The van der Waals surface area contributed by atoms with Crippen LogP contribution in [0.4, 0.5) is 10.1 Å². The standard InChI is InChI=1S/C12H16FN/c1-2-9-5-6-11(13)12(7-9)14-8-10-3-4-10/h5-7,10,14H,2-4,8H2,1H3. The third kappa shape index (κ3) is 2.25. The van der Waals surface area contributed by atoms with Crippen molar-refractivity contribution >= 4 is 5.69 Å². The van der Waals surface area contributed by atoms with E-state index in [0.717, 1.165) is 18.9 Å². The molecule has 1 nitrogen and oxygen atoms in total. The van der Waals surface area contributed by atoms with E-state index >= 15 is 0 Å². The Balaban J connectivity index is 2.04. The van der Waals surface area contributed by atoms with Gasteiger partial charge in [0, 0.05) is 6.54 Å². The predicted octanol–water partition coefficient (Wildman–Crippen LogP) is 3.21. The van der Waals surface area contributed by atoms with Crippen molar-refractivity contribution in [1.29, 1.82) is 0 Å². The molecule has 1 fully saturated rings. The molecule has 0 spiro atoms. The van der Waals surface area contributed by atoms with Gasteiger partial charge in [-0.15, -0.1) is 0 Å². The number of halogens is 1. The molecule has 0 unspecified atom stereocenters. The molecule has 14 heavy (non-hydrogen) atoms. The highest BCUT2D eigenvalue weighted by Gasteiger charge is 2.20. The Morgan fingerprint density at radius 1 is 1.43 bits per heavy atom. The molecule has 0 radical (unpaired) electrons. The summed E-state index contributed by atoms with van der Waals surface area (Å²) in [5, 5.41) is 3.17. The van der Waals surface area contributed by atoms with Gasteiger partial charge in [0.1, 0.15) is 5.82 Å². The first-order valence-corrected chi connectivity index (χ1v) is 5.32. The first-order valence-electron chi connectivity index (χ1n) is 5.32. The van der Waals surface area contributed by atoms with Gasteiger partial charge in [0.15, 0.2) is 0 Å². The fourth-order valence-corrected chi connectivity index (χ4v) is 1.50. The summed E-state index contributed by atoms with van der Waals surface area (Å²) in [4.78, 5) is 0. The molecule has 0 heterocycles. The molecule has 1 aliphatic carbocycles. The number of nitrogens with one attached hydrogen (secondary N) is 1. The summed E-state index contributed by atoms with van der Waals surface area (Å²) in [6.45, 7) is 3.00. The summed E-state index contributed by atoms with van der Waals surface area (Å²) >= 11 is 0. The van der Waals surface area contributed by atoms with E-state index in [-0.39, 0.29) is 5.82 Å². The number of hydrogen-bond donors (Lipinski definition) is 1. The lowest BCUT2D eigenvalue weighted by Gasteiger charge is -2.08. The largest absolute Gasteiger partial charge is 0.382 e. The molecule has 0 aromatic heterocycles. The zero-order valence-electron chi connectivity index (χ0n) is 8.52. The first kappa shape index (κ1) is 9.50. The third-order valence-electron chi connectivity index (χ3n) is 2.72. The lowest BCUT2D eigenvalue weighted by Crippen LogP contribution is -2.05. The highest BCUT2D eigenvalue weighted by Crippen LogP contribution is 2.29. The molecule has 1 aromatic carbocycles. The van der Waals surface area contributed by atoms with Gasteiger partial charge in [-0.3, -0.25) is 0 Å². The van der Waals surface area contributed by atoms with Crippen LogP contribution < -0.4 is 5.32 Å². The van der Waals surface area contributed by atoms with E-state index in [1.165, 1.54) is 18.4 Å². The minimum atomic E-state index is -0.136. The summed E-state index contributed by atoms with van der Waals surface area (Å²) < 4.78 is 13.3. The molecule has 1 N–H and O–H groups in total. The number of hydrogen-bond acceptors (Lipinski definition) is 1. The lowest BCUT2D eigenvalue weighted by molar-refractivity contribution is 0.628. The molecule has 0 aliphatic heterocycles. The topological polar surface area (TPSA) is 12.0 Å². The predicted molar refractivity (Wildman–Crippen MR) is 57.0 cm³/mol. The van der Waals surface area contributed by atoms with Crippen molar-refractivity contribution in [3.63, 3.8) is 0 Å². The molecule has 0 bridgehead atoms. The second-order valence-corrected chi connectivity index (χ2v) is 3.99. The fraction of sp³-hybridized carbons (Fsp3) is 0.500. The van der Waals surface area contributed by atoms with Gasteiger partial charge in [-0.2, -0.15) is 0 Å². The van der Waals surface area contributed by atoms with Gasteiger partial charge >= 0.3 is 0 Å². The van der Waals surface area contributed by atoms with Gasteiger partial charge in [0.2, 0.25) is 0 Å². The monoisotopic (exact) mass is 193 g/mol. The third-order valence-corrected chi connectivity index (χ3v) is 2.72. The van der Waals surface area contributed by atoms with Crippen molar-refractivity contribution in [2.45, 2.75) is 26.2 Å². The average molecular weight is 193 g/mol. The van der Waals surface area contributed by atoms with Crippen LogP contribution in [0.5, 0.6) is 0 Å². The van der Waals surface area contributed by atoms with Crippen molar-refractivity contribution < 1.29 is 4.39 Å². The Hall–Kier alpha value is -1.05. The Morgan fingerprint density at radius 3 is 2.86 bits per heavy atom. The maximum absolute atomic E-state index is 13.3. The highest BCUT2D eigenvalue weighted by atomic mass is 19.1. The minimum absolute atomic E-state index is 0.136. The molecule has 0 atom stereocenters. The van der Waals surface area contributed by atoms with Crippen LogP contribution in [0.3, 0.4) is 0 Å². The number of benzene rings is 1. The zero-order valence-corrected chi connectivity index (χ0v) is 8.52. The van der Waals surface area contributed by atoms with Crippen LogP contribution in [-0.4, -0.2) is 6.54 Å². The quantitative estimate of drug-likeness (QED) is 0.774. The van der Waals surface area contributed by atoms with Crippen molar-refractivity contribution in [1.82, 2.24) is 0 Å². The second-order valence-electron chi connectivity index (χ2n) is 3.99. The SMILES string of the molecule is CCc1ccc(F)c(NCC2CC2)c1. The van der Waals surface area contributed by atoms with Gasteiger partial charge in [0.25, 0.3) is 0 Å². The molecule has 0 amide bonds. The van der Waals surface area contributed by atoms with E-state index in [1.54, 1.807) is 6.07 Å². The lowest BCUT2D eigenvalue weighted by atomic mass is 10.1. The summed E-state index contributed by atoms with van der Waals surface area (Å²) in [5.74, 6) is 0.641. The van der Waals surface area contributed by atoms with E-state index in [0.29, 0.717) is 5.69 Å². The molecule has 76 valence electrons. The van der Waals surface area contributed by atoms with Crippen LogP contribution in [0.25, 0.3) is 0 Å². The van der Waals surface area contributed by atoms with Gasteiger partial charge in [0.05, 0.1) is 5.69 Å². The molecule has 2 heteroatoms. The second kappa shape index (κ2) is 3.99. The van der Waals surface area contributed by atoms with Crippen molar-refractivity contribution in [2.75, 3.05) is 11.9 Å². The summed E-state index contributed by atoms with van der Waals surface area (Å²) in [5.41, 5.74) is 1.85. The molecular weight excluding hydrogens is 177 g/mol. The van der Waals surface area contributed by atoms with E-state index in [9.17, 15) is 4.39 Å². The molecule has 1 aromatic rings. The van der Waals surface area contributed by atoms with Crippen molar-refractivity contribution in [3.05, 3.63) is 29.6 Å². The van der Waals surface area contributed by atoms with Gasteiger partial charge in [-0.1, -0.05) is 13.0 Å². The molecule has 1 saturated carbocycles. The Bertz CT molecular complexity index is 318. The minimum Gasteiger partial charge on any atom is -0.382 e.